The van der Waals surface area contributed by atoms with Crippen molar-refractivity contribution in [2.75, 3.05) is 22.1 Å². The van der Waals surface area contributed by atoms with Crippen LogP contribution in [0.25, 0.3) is 0 Å². The second-order valence-corrected chi connectivity index (χ2v) is 8.75. The molecule has 1 unspecified atom stereocenters. The Labute approximate surface area is 191 Å². The number of nitrogens with zero attached hydrogens (tertiary/aromatic N) is 1. The van der Waals surface area contributed by atoms with Gasteiger partial charge in [0.15, 0.2) is 0 Å². The van der Waals surface area contributed by atoms with Gasteiger partial charge < -0.3 is 15.5 Å². The number of amides is 3. The van der Waals surface area contributed by atoms with E-state index in [1.165, 1.54) is 18.2 Å². The van der Waals surface area contributed by atoms with Gasteiger partial charge in [-0.15, -0.1) is 0 Å². The summed E-state index contributed by atoms with van der Waals surface area (Å²) in [7, 11) is 0. The van der Waals surface area contributed by atoms with Crippen LogP contribution < -0.4 is 15.5 Å². The van der Waals surface area contributed by atoms with E-state index in [1.54, 1.807) is 29.2 Å². The maximum Gasteiger partial charge on any atom is 0.239 e. The maximum absolute atomic E-state index is 14.3. The second-order valence-electron chi connectivity index (χ2n) is 8.32. The molecule has 0 radical (unpaired) electrons. The maximum atomic E-state index is 14.3. The van der Waals surface area contributed by atoms with E-state index in [0.717, 1.165) is 32.1 Å². The molecule has 32 heavy (non-hydrogen) atoms. The average molecular weight is 458 g/mol. The van der Waals surface area contributed by atoms with Crippen LogP contribution in [0.3, 0.4) is 0 Å². The van der Waals surface area contributed by atoms with Crippen molar-refractivity contribution in [3.05, 3.63) is 53.3 Å². The van der Waals surface area contributed by atoms with Crippen molar-refractivity contribution in [2.45, 2.75) is 38.5 Å². The summed E-state index contributed by atoms with van der Waals surface area (Å²) in [5.41, 5.74) is 1.04. The van der Waals surface area contributed by atoms with Crippen molar-refractivity contribution in [1.82, 2.24) is 0 Å². The molecule has 1 aliphatic heterocycles. The Morgan fingerprint density at radius 3 is 2.38 bits per heavy atom. The van der Waals surface area contributed by atoms with Crippen molar-refractivity contribution < 1.29 is 18.8 Å². The SMILES string of the molecule is O=C(Nc1cc(NC(=O)C2CCN(c3ccc(Cl)cc3)C2=O)ccc1F)C1CCCCC1. The molecule has 168 valence electrons. The molecule has 2 N–H and O–H groups in total. The number of hydrogen-bond acceptors (Lipinski definition) is 3. The third-order valence-corrected chi connectivity index (χ3v) is 6.38. The third-order valence-electron chi connectivity index (χ3n) is 6.13. The summed E-state index contributed by atoms with van der Waals surface area (Å²) in [6, 6.07) is 10.9. The number of anilines is 3. The smallest absolute Gasteiger partial charge is 0.239 e. The van der Waals surface area contributed by atoms with Crippen LogP contribution in [0.4, 0.5) is 21.5 Å². The lowest BCUT2D eigenvalue weighted by molar-refractivity contribution is -0.129. The Balaban J connectivity index is 1.41. The van der Waals surface area contributed by atoms with Crippen molar-refractivity contribution in [2.24, 2.45) is 11.8 Å². The van der Waals surface area contributed by atoms with Crippen LogP contribution in [0.5, 0.6) is 0 Å². The first-order chi connectivity index (χ1) is 15.4. The van der Waals surface area contributed by atoms with Gasteiger partial charge in [0.1, 0.15) is 11.7 Å². The van der Waals surface area contributed by atoms with E-state index in [9.17, 15) is 18.8 Å². The summed E-state index contributed by atoms with van der Waals surface area (Å²) in [6.07, 6.45) is 5.10. The van der Waals surface area contributed by atoms with Gasteiger partial charge in [-0.05, 0) is 61.7 Å². The second kappa shape index (κ2) is 9.69. The molecule has 8 heteroatoms. The molecular weight excluding hydrogens is 433 g/mol. The van der Waals surface area contributed by atoms with Crippen LogP contribution in [-0.2, 0) is 14.4 Å². The number of hydrogen-bond donors (Lipinski definition) is 2. The summed E-state index contributed by atoms with van der Waals surface area (Å²) in [6.45, 7) is 0.421. The molecule has 1 atom stereocenters. The topological polar surface area (TPSA) is 78.5 Å². The summed E-state index contributed by atoms with van der Waals surface area (Å²) >= 11 is 5.90. The quantitative estimate of drug-likeness (QED) is 0.621. The molecule has 2 fully saturated rings. The van der Waals surface area contributed by atoms with E-state index in [4.69, 9.17) is 11.6 Å². The molecule has 2 aromatic carbocycles. The van der Waals surface area contributed by atoms with Crippen molar-refractivity contribution in [1.29, 1.82) is 0 Å². The first-order valence-corrected chi connectivity index (χ1v) is 11.3. The van der Waals surface area contributed by atoms with Gasteiger partial charge >= 0.3 is 0 Å². The largest absolute Gasteiger partial charge is 0.325 e. The minimum absolute atomic E-state index is 0.0268. The summed E-state index contributed by atoms with van der Waals surface area (Å²) in [4.78, 5) is 39.6. The molecular formula is C24H25ClFN3O3. The zero-order valence-corrected chi connectivity index (χ0v) is 18.3. The molecule has 0 spiro atoms. The highest BCUT2D eigenvalue weighted by Gasteiger charge is 2.37. The van der Waals surface area contributed by atoms with E-state index >= 15 is 0 Å². The van der Waals surface area contributed by atoms with Gasteiger partial charge in [0, 0.05) is 28.9 Å². The van der Waals surface area contributed by atoms with Gasteiger partial charge in [-0.3, -0.25) is 14.4 Å². The van der Waals surface area contributed by atoms with Gasteiger partial charge in [-0.2, -0.15) is 0 Å². The molecule has 4 rings (SSSR count). The number of carbonyl (C=O) groups excluding carboxylic acids is 3. The van der Waals surface area contributed by atoms with Gasteiger partial charge in [-0.25, -0.2) is 4.39 Å². The van der Waals surface area contributed by atoms with Gasteiger partial charge in [-0.1, -0.05) is 30.9 Å². The lowest BCUT2D eigenvalue weighted by atomic mass is 9.88. The van der Waals surface area contributed by atoms with Crippen molar-refractivity contribution in [3.8, 4) is 0 Å². The van der Waals surface area contributed by atoms with E-state index in [0.29, 0.717) is 29.4 Å². The number of halogens is 2. The van der Waals surface area contributed by atoms with Crippen LogP contribution in [-0.4, -0.2) is 24.3 Å². The first-order valence-electron chi connectivity index (χ1n) is 10.9. The van der Waals surface area contributed by atoms with E-state index in [-0.39, 0.29) is 23.4 Å². The van der Waals surface area contributed by atoms with E-state index in [2.05, 4.69) is 10.6 Å². The fourth-order valence-electron chi connectivity index (χ4n) is 4.33. The highest BCUT2D eigenvalue weighted by atomic mass is 35.5. The molecule has 2 aliphatic rings. The van der Waals surface area contributed by atoms with Gasteiger partial charge in [0.25, 0.3) is 0 Å². The normalized spacial score (nSPS) is 19.1. The lowest BCUT2D eigenvalue weighted by Crippen LogP contribution is -2.33. The minimum atomic E-state index is -0.837. The molecule has 2 aromatic rings. The number of carbonyl (C=O) groups is 3. The van der Waals surface area contributed by atoms with Crippen LogP contribution in [0.15, 0.2) is 42.5 Å². The highest BCUT2D eigenvalue weighted by Crippen LogP contribution is 2.29. The van der Waals surface area contributed by atoms with Crippen LogP contribution >= 0.6 is 11.6 Å². The Morgan fingerprint density at radius 2 is 1.66 bits per heavy atom. The Kier molecular flexibility index (Phi) is 6.74. The minimum Gasteiger partial charge on any atom is -0.325 e. The number of nitrogens with one attached hydrogen (secondary N) is 2. The average Bonchev–Trinajstić information content (AvgIpc) is 3.18. The molecule has 1 heterocycles. The lowest BCUT2D eigenvalue weighted by Gasteiger charge is -2.21. The summed E-state index contributed by atoms with van der Waals surface area (Å²) in [5.74, 6) is -2.47. The summed E-state index contributed by atoms with van der Waals surface area (Å²) < 4.78 is 14.3. The Bertz CT molecular complexity index is 1020. The zero-order valence-electron chi connectivity index (χ0n) is 17.6. The Hall–Kier alpha value is -2.93. The zero-order chi connectivity index (χ0) is 22.7. The predicted molar refractivity (Wildman–Crippen MR) is 122 cm³/mol. The fraction of sp³-hybridized carbons (Fsp3) is 0.375. The van der Waals surface area contributed by atoms with Crippen LogP contribution in [0.2, 0.25) is 5.02 Å². The summed E-state index contributed by atoms with van der Waals surface area (Å²) in [5, 5.41) is 5.91. The fourth-order valence-corrected chi connectivity index (χ4v) is 4.45. The predicted octanol–water partition coefficient (Wildman–Crippen LogP) is 4.99. The van der Waals surface area contributed by atoms with Crippen LogP contribution in [0.1, 0.15) is 38.5 Å². The van der Waals surface area contributed by atoms with E-state index in [1.807, 2.05) is 0 Å². The van der Waals surface area contributed by atoms with Gasteiger partial charge in [0.05, 0.1) is 5.69 Å². The van der Waals surface area contributed by atoms with Crippen LogP contribution in [0, 0.1) is 17.7 Å². The Morgan fingerprint density at radius 1 is 0.938 bits per heavy atom. The molecule has 3 amide bonds. The van der Waals surface area contributed by atoms with Crippen molar-refractivity contribution >= 4 is 46.4 Å². The molecule has 0 bridgehead atoms. The van der Waals surface area contributed by atoms with Crippen molar-refractivity contribution in [3.63, 3.8) is 0 Å². The number of rotatable bonds is 5. The molecule has 1 aliphatic carbocycles. The molecule has 6 nitrogen and oxygen atoms in total. The molecule has 0 aromatic heterocycles. The monoisotopic (exact) mass is 457 g/mol. The standard InChI is InChI=1S/C24H25ClFN3O3/c25-16-6-9-18(10-7-16)29-13-12-19(24(29)32)23(31)27-17-8-11-20(26)21(14-17)28-22(30)15-4-2-1-3-5-15/h6-11,14-15,19H,1-5,12-13H2,(H,27,31)(H,28,30). The highest BCUT2D eigenvalue weighted by molar-refractivity contribution is 6.30. The van der Waals surface area contributed by atoms with E-state index < -0.39 is 17.6 Å². The first kappa shape index (κ1) is 22.3. The third kappa shape index (κ3) is 4.93. The van der Waals surface area contributed by atoms with Gasteiger partial charge in [0.2, 0.25) is 17.7 Å². The number of benzene rings is 2. The molecule has 1 saturated heterocycles. The molecule has 1 saturated carbocycles.